The average Bonchev–Trinajstić information content (AvgIpc) is 3.01. The Morgan fingerprint density at radius 2 is 2.19 bits per heavy atom. The Bertz CT molecular complexity index is 534. The van der Waals surface area contributed by atoms with Crippen LogP contribution in [0.1, 0.15) is 24.6 Å². The predicted octanol–water partition coefficient (Wildman–Crippen LogP) is 3.77. The van der Waals surface area contributed by atoms with Crippen LogP contribution in [0.4, 0.5) is 0 Å². The second kappa shape index (κ2) is 3.86. The van der Waals surface area contributed by atoms with Crippen molar-refractivity contribution in [2.45, 2.75) is 18.8 Å². The molecule has 0 aliphatic heterocycles. The fraction of sp³-hybridized carbons (Fsp3) is 0.273. The number of aromatic nitrogens is 3. The van der Waals surface area contributed by atoms with Crippen LogP contribution in [0.15, 0.2) is 22.7 Å². The van der Waals surface area contributed by atoms with E-state index in [-0.39, 0.29) is 0 Å². The highest BCUT2D eigenvalue weighted by Crippen LogP contribution is 2.38. The third-order valence-electron chi connectivity index (χ3n) is 2.64. The van der Waals surface area contributed by atoms with Gasteiger partial charge in [0.25, 0.3) is 0 Å². The zero-order valence-electron chi connectivity index (χ0n) is 8.37. The molecular weight excluding hydrogens is 289 g/mol. The summed E-state index contributed by atoms with van der Waals surface area (Å²) in [5.41, 5.74) is 0.941. The van der Waals surface area contributed by atoms with Crippen molar-refractivity contribution < 1.29 is 0 Å². The number of H-pyrrole nitrogens is 1. The molecule has 1 N–H and O–H groups in total. The van der Waals surface area contributed by atoms with Gasteiger partial charge in [0.05, 0.1) is 5.02 Å². The van der Waals surface area contributed by atoms with Crippen molar-refractivity contribution in [3.05, 3.63) is 33.5 Å². The highest BCUT2D eigenvalue weighted by molar-refractivity contribution is 9.10. The van der Waals surface area contributed by atoms with Crippen LogP contribution >= 0.6 is 27.5 Å². The molecule has 3 rings (SSSR count). The molecule has 5 heteroatoms. The molecule has 0 spiro atoms. The van der Waals surface area contributed by atoms with E-state index < -0.39 is 0 Å². The first-order valence-corrected chi connectivity index (χ1v) is 6.29. The number of halogens is 2. The van der Waals surface area contributed by atoms with Gasteiger partial charge in [0, 0.05) is 16.0 Å². The van der Waals surface area contributed by atoms with E-state index in [4.69, 9.17) is 11.6 Å². The largest absolute Gasteiger partial charge is 0.262 e. The smallest absolute Gasteiger partial charge is 0.181 e. The molecule has 0 radical (unpaired) electrons. The minimum absolute atomic E-state index is 0.590. The van der Waals surface area contributed by atoms with E-state index in [1.807, 2.05) is 18.2 Å². The number of nitrogens with one attached hydrogen (secondary N) is 1. The van der Waals surface area contributed by atoms with Gasteiger partial charge < -0.3 is 0 Å². The number of hydrogen-bond donors (Lipinski definition) is 1. The Balaban J connectivity index is 1.97. The van der Waals surface area contributed by atoms with Gasteiger partial charge >= 0.3 is 0 Å². The van der Waals surface area contributed by atoms with Crippen molar-refractivity contribution in [3.8, 4) is 11.4 Å². The summed E-state index contributed by atoms with van der Waals surface area (Å²) in [4.78, 5) is 4.47. The molecule has 0 saturated heterocycles. The maximum atomic E-state index is 6.03. The first kappa shape index (κ1) is 10.3. The summed E-state index contributed by atoms with van der Waals surface area (Å²) in [7, 11) is 0. The van der Waals surface area contributed by atoms with Crippen LogP contribution in [0.25, 0.3) is 11.4 Å². The lowest BCUT2D eigenvalue weighted by Crippen LogP contribution is -1.82. The second-order valence-corrected chi connectivity index (χ2v) is 5.21. The number of aromatic amines is 1. The van der Waals surface area contributed by atoms with E-state index in [2.05, 4.69) is 31.1 Å². The Kier molecular flexibility index (Phi) is 2.48. The van der Waals surface area contributed by atoms with E-state index >= 15 is 0 Å². The third-order valence-corrected chi connectivity index (χ3v) is 3.88. The van der Waals surface area contributed by atoms with Crippen LogP contribution < -0.4 is 0 Å². The van der Waals surface area contributed by atoms with Gasteiger partial charge in [-0.3, -0.25) is 5.10 Å². The third kappa shape index (κ3) is 1.87. The van der Waals surface area contributed by atoms with Gasteiger partial charge in [-0.2, -0.15) is 5.10 Å². The summed E-state index contributed by atoms with van der Waals surface area (Å²) in [6.07, 6.45) is 2.44. The summed E-state index contributed by atoms with van der Waals surface area (Å²) >= 11 is 9.39. The average molecular weight is 299 g/mol. The summed E-state index contributed by atoms with van der Waals surface area (Å²) in [5, 5.41) is 7.87. The van der Waals surface area contributed by atoms with Crippen LogP contribution in [0, 0.1) is 0 Å². The summed E-state index contributed by atoms with van der Waals surface area (Å²) < 4.78 is 0.885. The fourth-order valence-electron chi connectivity index (χ4n) is 1.58. The lowest BCUT2D eigenvalue weighted by Gasteiger charge is -1.98. The standard InChI is InChI=1S/C11H9BrClN3/c12-8-4-3-7(5-9(8)13)11-14-10(15-16-11)6-1-2-6/h3-6H,1-2H2,(H,14,15,16). The molecule has 0 unspecified atom stereocenters. The van der Waals surface area contributed by atoms with Crippen molar-refractivity contribution in [3.63, 3.8) is 0 Å². The highest BCUT2D eigenvalue weighted by Gasteiger charge is 2.27. The van der Waals surface area contributed by atoms with Crippen molar-refractivity contribution in [2.24, 2.45) is 0 Å². The molecule has 1 aliphatic carbocycles. The van der Waals surface area contributed by atoms with E-state index in [9.17, 15) is 0 Å². The van der Waals surface area contributed by atoms with Gasteiger partial charge in [0.15, 0.2) is 5.82 Å². The van der Waals surface area contributed by atoms with Gasteiger partial charge in [-0.15, -0.1) is 0 Å². The summed E-state index contributed by atoms with van der Waals surface area (Å²) in [6, 6.07) is 5.73. The van der Waals surface area contributed by atoms with Gasteiger partial charge in [-0.1, -0.05) is 11.6 Å². The molecule has 16 heavy (non-hydrogen) atoms. The van der Waals surface area contributed by atoms with Gasteiger partial charge in [0.1, 0.15) is 5.82 Å². The van der Waals surface area contributed by atoms with Gasteiger partial charge in [0.2, 0.25) is 0 Å². The molecule has 1 aromatic carbocycles. The van der Waals surface area contributed by atoms with Crippen molar-refractivity contribution in [1.82, 2.24) is 15.2 Å². The van der Waals surface area contributed by atoms with Crippen LogP contribution in [-0.4, -0.2) is 15.2 Å². The number of nitrogens with zero attached hydrogens (tertiary/aromatic N) is 2. The molecule has 1 fully saturated rings. The highest BCUT2D eigenvalue weighted by atomic mass is 79.9. The number of benzene rings is 1. The first-order chi connectivity index (χ1) is 7.74. The zero-order chi connectivity index (χ0) is 11.1. The van der Waals surface area contributed by atoms with Crippen molar-refractivity contribution >= 4 is 27.5 Å². The predicted molar refractivity (Wildman–Crippen MR) is 66.5 cm³/mol. The molecule has 1 aromatic heterocycles. The molecule has 1 saturated carbocycles. The lowest BCUT2D eigenvalue weighted by atomic mass is 10.2. The molecule has 1 heterocycles. The van der Waals surface area contributed by atoms with E-state index in [0.29, 0.717) is 10.9 Å². The summed E-state index contributed by atoms with van der Waals surface area (Å²) in [6.45, 7) is 0. The molecule has 3 nitrogen and oxygen atoms in total. The maximum absolute atomic E-state index is 6.03. The van der Waals surface area contributed by atoms with Gasteiger partial charge in [-0.05, 0) is 47.0 Å². The molecule has 1 aliphatic rings. The normalized spacial score (nSPS) is 15.4. The Morgan fingerprint density at radius 3 is 2.88 bits per heavy atom. The quantitative estimate of drug-likeness (QED) is 0.917. The lowest BCUT2D eigenvalue weighted by molar-refractivity contribution is 0.935. The topological polar surface area (TPSA) is 41.6 Å². The fourth-order valence-corrected chi connectivity index (χ4v) is 2.01. The molecular formula is C11H9BrClN3. The molecule has 0 bridgehead atoms. The monoisotopic (exact) mass is 297 g/mol. The van der Waals surface area contributed by atoms with E-state index in [0.717, 1.165) is 21.7 Å². The Morgan fingerprint density at radius 1 is 1.38 bits per heavy atom. The zero-order valence-corrected chi connectivity index (χ0v) is 10.7. The van der Waals surface area contributed by atoms with E-state index in [1.54, 1.807) is 0 Å². The second-order valence-electron chi connectivity index (χ2n) is 3.95. The SMILES string of the molecule is Clc1cc(-c2n[nH]c(C3CC3)n2)ccc1Br. The summed E-state index contributed by atoms with van der Waals surface area (Å²) in [5.74, 6) is 2.30. The van der Waals surface area contributed by atoms with Gasteiger partial charge in [-0.25, -0.2) is 4.98 Å². The maximum Gasteiger partial charge on any atom is 0.181 e. The van der Waals surface area contributed by atoms with Crippen LogP contribution in [0.2, 0.25) is 5.02 Å². The number of rotatable bonds is 2. The van der Waals surface area contributed by atoms with Crippen molar-refractivity contribution in [1.29, 1.82) is 0 Å². The number of hydrogen-bond acceptors (Lipinski definition) is 2. The Labute approximate surface area is 106 Å². The van der Waals surface area contributed by atoms with Crippen LogP contribution in [0.3, 0.4) is 0 Å². The molecule has 0 amide bonds. The first-order valence-electron chi connectivity index (χ1n) is 5.12. The van der Waals surface area contributed by atoms with Crippen LogP contribution in [0.5, 0.6) is 0 Å². The van der Waals surface area contributed by atoms with E-state index in [1.165, 1.54) is 12.8 Å². The molecule has 82 valence electrons. The Hall–Kier alpha value is -0.870. The molecule has 0 atom stereocenters. The minimum Gasteiger partial charge on any atom is -0.262 e. The van der Waals surface area contributed by atoms with Crippen LogP contribution in [-0.2, 0) is 0 Å². The molecule has 2 aromatic rings. The minimum atomic E-state index is 0.590. The van der Waals surface area contributed by atoms with Crippen molar-refractivity contribution in [2.75, 3.05) is 0 Å².